The molecule has 9 nitrogen and oxygen atoms in total. The number of carbonyl (C=O) groups is 2. The van der Waals surface area contributed by atoms with Crippen LogP contribution in [-0.2, 0) is 17.8 Å². The van der Waals surface area contributed by atoms with E-state index in [1.54, 1.807) is 25.1 Å². The fourth-order valence-corrected chi connectivity index (χ4v) is 3.44. The van der Waals surface area contributed by atoms with Gasteiger partial charge in [0.1, 0.15) is 0 Å². The predicted molar refractivity (Wildman–Crippen MR) is 109 cm³/mol. The second-order valence-corrected chi connectivity index (χ2v) is 7.30. The Bertz CT molecular complexity index is 1040. The van der Waals surface area contributed by atoms with Crippen molar-refractivity contribution in [2.75, 3.05) is 13.2 Å². The number of aromatic nitrogens is 5. The monoisotopic (exact) mass is 460 g/mol. The van der Waals surface area contributed by atoms with Gasteiger partial charge in [-0.2, -0.15) is 4.80 Å². The highest BCUT2D eigenvalue weighted by atomic mass is 79.9. The van der Waals surface area contributed by atoms with E-state index in [9.17, 15) is 9.59 Å². The van der Waals surface area contributed by atoms with Crippen LogP contribution in [0.4, 0.5) is 0 Å². The van der Waals surface area contributed by atoms with Crippen LogP contribution in [0.5, 0.6) is 0 Å². The van der Waals surface area contributed by atoms with Crippen LogP contribution in [0.1, 0.15) is 34.1 Å². The first kappa shape index (κ1) is 20.9. The summed E-state index contributed by atoms with van der Waals surface area (Å²) in [6.07, 6.45) is 0.0224. The Labute approximate surface area is 175 Å². The van der Waals surface area contributed by atoms with E-state index < -0.39 is 0 Å². The van der Waals surface area contributed by atoms with E-state index in [4.69, 9.17) is 5.11 Å². The highest BCUT2D eigenvalue weighted by Gasteiger charge is 2.25. The molecule has 3 aromatic rings. The van der Waals surface area contributed by atoms with Crippen LogP contribution in [0.2, 0.25) is 0 Å². The summed E-state index contributed by atoms with van der Waals surface area (Å²) in [6, 6.07) is 7.09. The number of hydrogen-bond donors (Lipinski definition) is 3. The summed E-state index contributed by atoms with van der Waals surface area (Å²) in [4.78, 5) is 29.9. The molecule has 3 N–H and O–H groups in total. The number of hydrogen-bond acceptors (Lipinski definition) is 6. The third-order valence-corrected chi connectivity index (χ3v) is 4.82. The molecule has 0 spiro atoms. The number of benzene rings is 1. The highest BCUT2D eigenvalue weighted by Crippen LogP contribution is 2.28. The number of nitrogens with zero attached hydrogens (tertiary/aromatic N) is 4. The summed E-state index contributed by atoms with van der Waals surface area (Å²) in [5.74, 6) is -0.102. The summed E-state index contributed by atoms with van der Waals surface area (Å²) in [6.45, 7) is 4.21. The summed E-state index contributed by atoms with van der Waals surface area (Å²) in [7, 11) is 0. The highest BCUT2D eigenvalue weighted by molar-refractivity contribution is 9.10. The molecule has 0 aliphatic rings. The van der Waals surface area contributed by atoms with E-state index in [1.807, 2.05) is 13.0 Å². The zero-order valence-electron chi connectivity index (χ0n) is 16.1. The van der Waals surface area contributed by atoms with E-state index >= 15 is 0 Å². The maximum atomic E-state index is 13.3. The van der Waals surface area contributed by atoms with Gasteiger partial charge in [-0.3, -0.25) is 9.59 Å². The van der Waals surface area contributed by atoms with Gasteiger partial charge in [0, 0.05) is 27.8 Å². The lowest BCUT2D eigenvalue weighted by Gasteiger charge is -2.06. The van der Waals surface area contributed by atoms with Crippen molar-refractivity contribution in [2.24, 2.45) is 0 Å². The molecule has 2 aromatic heterocycles. The Morgan fingerprint density at radius 2 is 2.14 bits per heavy atom. The molecule has 1 amide bonds. The number of tetrazole rings is 1. The van der Waals surface area contributed by atoms with Crippen LogP contribution in [0.15, 0.2) is 28.7 Å². The lowest BCUT2D eigenvalue weighted by atomic mass is 9.98. The van der Waals surface area contributed by atoms with Crippen molar-refractivity contribution in [1.82, 2.24) is 30.5 Å². The van der Waals surface area contributed by atoms with E-state index in [1.165, 1.54) is 4.80 Å². The van der Waals surface area contributed by atoms with E-state index in [0.717, 1.165) is 4.47 Å². The average Bonchev–Trinajstić information content (AvgIpc) is 3.26. The summed E-state index contributed by atoms with van der Waals surface area (Å²) in [5.41, 5.74) is 2.57. The minimum atomic E-state index is -0.201. The first-order chi connectivity index (χ1) is 13.9. The average molecular weight is 461 g/mol. The van der Waals surface area contributed by atoms with Crippen molar-refractivity contribution in [1.29, 1.82) is 0 Å². The molecule has 0 fully saturated rings. The molecular formula is C19H21BrN6O3. The minimum Gasteiger partial charge on any atom is -0.394 e. The smallest absolute Gasteiger partial charge is 0.225 e. The van der Waals surface area contributed by atoms with E-state index in [-0.39, 0.29) is 31.3 Å². The SMILES string of the molecule is CCNC(=O)Cc1[nH]c(-c2nnn(CCO)n2)c(C)c1C(=O)c1cccc(Br)c1. The van der Waals surface area contributed by atoms with Gasteiger partial charge in [0.2, 0.25) is 11.7 Å². The number of rotatable bonds is 8. The van der Waals surface area contributed by atoms with Crippen LogP contribution in [0.25, 0.3) is 11.5 Å². The number of aliphatic hydroxyl groups is 1. The Hall–Kier alpha value is -2.85. The lowest BCUT2D eigenvalue weighted by molar-refractivity contribution is -0.120. The molecule has 0 atom stereocenters. The van der Waals surface area contributed by atoms with Gasteiger partial charge in [-0.05, 0) is 36.8 Å². The molecule has 0 unspecified atom stereocenters. The molecule has 10 heteroatoms. The molecule has 0 aliphatic heterocycles. The molecule has 1 aromatic carbocycles. The number of aliphatic hydroxyl groups excluding tert-OH is 1. The summed E-state index contributed by atoms with van der Waals surface area (Å²) in [5, 5.41) is 23.9. The second-order valence-electron chi connectivity index (χ2n) is 6.38. The molecule has 0 saturated carbocycles. The Balaban J connectivity index is 2.07. The minimum absolute atomic E-state index is 0.0224. The van der Waals surface area contributed by atoms with Gasteiger partial charge in [-0.25, -0.2) is 0 Å². The molecular weight excluding hydrogens is 440 g/mol. The van der Waals surface area contributed by atoms with Crippen LogP contribution >= 0.6 is 15.9 Å². The fraction of sp³-hybridized carbons (Fsp3) is 0.316. The van der Waals surface area contributed by atoms with Crippen molar-refractivity contribution >= 4 is 27.6 Å². The van der Waals surface area contributed by atoms with Gasteiger partial charge < -0.3 is 15.4 Å². The summed E-state index contributed by atoms with van der Waals surface area (Å²) >= 11 is 3.38. The number of likely N-dealkylation sites (N-methyl/N-ethyl adjacent to an activating group) is 1. The number of amides is 1. The lowest BCUT2D eigenvalue weighted by Crippen LogP contribution is -2.25. The van der Waals surface area contributed by atoms with Gasteiger partial charge in [-0.1, -0.05) is 28.1 Å². The van der Waals surface area contributed by atoms with Crippen molar-refractivity contribution < 1.29 is 14.7 Å². The zero-order chi connectivity index (χ0) is 21.0. The molecule has 0 saturated heterocycles. The molecule has 0 aliphatic carbocycles. The van der Waals surface area contributed by atoms with Crippen molar-refractivity contribution in [3.05, 3.63) is 51.1 Å². The van der Waals surface area contributed by atoms with Gasteiger partial charge in [0.25, 0.3) is 0 Å². The number of halogens is 1. The van der Waals surface area contributed by atoms with Crippen LogP contribution in [0, 0.1) is 6.92 Å². The molecule has 3 rings (SSSR count). The van der Waals surface area contributed by atoms with E-state index in [2.05, 4.69) is 41.6 Å². The van der Waals surface area contributed by atoms with E-state index in [0.29, 0.717) is 40.4 Å². The first-order valence-corrected chi connectivity index (χ1v) is 9.91. The summed E-state index contributed by atoms with van der Waals surface area (Å²) < 4.78 is 0.788. The zero-order valence-corrected chi connectivity index (χ0v) is 17.7. The molecule has 0 bridgehead atoms. The third kappa shape index (κ3) is 4.60. The number of nitrogens with one attached hydrogen (secondary N) is 2. The van der Waals surface area contributed by atoms with Crippen LogP contribution in [-0.4, -0.2) is 55.1 Å². The van der Waals surface area contributed by atoms with Gasteiger partial charge >= 0.3 is 0 Å². The Morgan fingerprint density at radius 1 is 1.34 bits per heavy atom. The maximum Gasteiger partial charge on any atom is 0.225 e. The molecule has 29 heavy (non-hydrogen) atoms. The third-order valence-electron chi connectivity index (χ3n) is 4.33. The quantitative estimate of drug-likeness (QED) is 0.438. The number of H-pyrrole nitrogens is 1. The molecule has 152 valence electrons. The largest absolute Gasteiger partial charge is 0.394 e. The topological polar surface area (TPSA) is 126 Å². The molecule has 0 radical (unpaired) electrons. The normalized spacial score (nSPS) is 10.9. The van der Waals surface area contributed by atoms with Gasteiger partial charge in [-0.15, -0.1) is 10.2 Å². The van der Waals surface area contributed by atoms with Crippen molar-refractivity contribution in [2.45, 2.75) is 26.8 Å². The van der Waals surface area contributed by atoms with Gasteiger partial charge in [0.15, 0.2) is 5.78 Å². The van der Waals surface area contributed by atoms with Crippen LogP contribution in [0.3, 0.4) is 0 Å². The standard InChI is InChI=1S/C19H21BrN6O3/c1-3-21-15(28)10-14-16(18(29)12-5-4-6-13(20)9-12)11(2)17(22-14)19-23-25-26(24-19)7-8-27/h4-6,9,22,27H,3,7-8,10H2,1-2H3,(H,21,28). The van der Waals surface area contributed by atoms with Crippen molar-refractivity contribution in [3.63, 3.8) is 0 Å². The fourth-order valence-electron chi connectivity index (χ4n) is 3.04. The van der Waals surface area contributed by atoms with Crippen molar-refractivity contribution in [3.8, 4) is 11.5 Å². The van der Waals surface area contributed by atoms with Gasteiger partial charge in [0.05, 0.1) is 25.3 Å². The molecule has 2 heterocycles. The first-order valence-electron chi connectivity index (χ1n) is 9.12. The van der Waals surface area contributed by atoms with Crippen LogP contribution < -0.4 is 5.32 Å². The second kappa shape index (κ2) is 9.10. The Morgan fingerprint density at radius 3 is 2.83 bits per heavy atom. The number of aromatic amines is 1. The number of ketones is 1. The predicted octanol–water partition coefficient (Wildman–Crippen LogP) is 1.64. The maximum absolute atomic E-state index is 13.3. The Kier molecular flexibility index (Phi) is 6.55. The number of carbonyl (C=O) groups excluding carboxylic acids is 2.